The standard InChI is InChI=1S/C14H17ClN2O3/c1-2-10-8-16(6-5-14(10)18)9-11-3-4-12(17(19)20)7-13(11)15/h3-4,7,10H,2,5-6,8-9H2,1H3. The number of nitro benzene ring substituents is 1. The third kappa shape index (κ3) is 3.35. The molecule has 1 fully saturated rings. The summed E-state index contributed by atoms with van der Waals surface area (Å²) in [5.74, 6) is 0.430. The van der Waals surface area contributed by atoms with Crippen molar-refractivity contribution >= 4 is 23.1 Å². The molecule has 0 radical (unpaired) electrons. The summed E-state index contributed by atoms with van der Waals surface area (Å²) >= 11 is 6.09. The number of benzene rings is 1. The molecular weight excluding hydrogens is 280 g/mol. The van der Waals surface area contributed by atoms with Gasteiger partial charge in [-0.05, 0) is 18.1 Å². The van der Waals surface area contributed by atoms with Gasteiger partial charge >= 0.3 is 0 Å². The Morgan fingerprint density at radius 3 is 2.85 bits per heavy atom. The van der Waals surface area contributed by atoms with Crippen molar-refractivity contribution < 1.29 is 9.72 Å². The summed E-state index contributed by atoms with van der Waals surface area (Å²) in [6, 6.07) is 4.54. The Labute approximate surface area is 122 Å². The minimum Gasteiger partial charge on any atom is -0.299 e. The fourth-order valence-electron chi connectivity index (χ4n) is 2.50. The topological polar surface area (TPSA) is 63.4 Å². The van der Waals surface area contributed by atoms with Crippen molar-refractivity contribution in [1.29, 1.82) is 0 Å². The second-order valence-electron chi connectivity index (χ2n) is 5.09. The molecule has 108 valence electrons. The summed E-state index contributed by atoms with van der Waals surface area (Å²) in [4.78, 5) is 24.1. The van der Waals surface area contributed by atoms with E-state index < -0.39 is 4.92 Å². The van der Waals surface area contributed by atoms with Gasteiger partial charge in [-0.1, -0.05) is 18.5 Å². The molecule has 0 saturated carbocycles. The Bertz CT molecular complexity index is 533. The number of ketones is 1. The van der Waals surface area contributed by atoms with Crippen LogP contribution >= 0.6 is 11.6 Å². The molecule has 1 aliphatic rings. The van der Waals surface area contributed by atoms with Crippen molar-refractivity contribution in [3.05, 3.63) is 38.9 Å². The normalized spacial score (nSPS) is 20.1. The smallest absolute Gasteiger partial charge is 0.270 e. The van der Waals surface area contributed by atoms with E-state index in [-0.39, 0.29) is 11.6 Å². The molecule has 6 heteroatoms. The lowest BCUT2D eigenvalue weighted by Gasteiger charge is -2.31. The van der Waals surface area contributed by atoms with Crippen LogP contribution in [-0.2, 0) is 11.3 Å². The zero-order valence-electron chi connectivity index (χ0n) is 11.3. The first-order valence-electron chi connectivity index (χ1n) is 6.69. The van der Waals surface area contributed by atoms with Gasteiger partial charge in [-0.25, -0.2) is 0 Å². The molecule has 0 bridgehead atoms. The lowest BCUT2D eigenvalue weighted by molar-refractivity contribution is -0.384. The molecule has 20 heavy (non-hydrogen) atoms. The van der Waals surface area contributed by atoms with E-state index in [1.165, 1.54) is 12.1 Å². The number of non-ortho nitro benzene ring substituents is 1. The number of piperidine rings is 1. The monoisotopic (exact) mass is 296 g/mol. The molecule has 1 aliphatic heterocycles. The SMILES string of the molecule is CCC1CN(Cc2ccc([N+](=O)[O-])cc2Cl)CCC1=O. The fourth-order valence-corrected chi connectivity index (χ4v) is 2.73. The number of nitro groups is 1. The van der Waals surface area contributed by atoms with E-state index in [0.717, 1.165) is 25.1 Å². The van der Waals surface area contributed by atoms with Crippen LogP contribution in [-0.4, -0.2) is 28.7 Å². The summed E-state index contributed by atoms with van der Waals surface area (Å²) in [6.45, 7) is 4.11. The summed E-state index contributed by atoms with van der Waals surface area (Å²) in [6.07, 6.45) is 1.42. The highest BCUT2D eigenvalue weighted by Gasteiger charge is 2.26. The summed E-state index contributed by atoms with van der Waals surface area (Å²) < 4.78 is 0. The van der Waals surface area contributed by atoms with E-state index in [9.17, 15) is 14.9 Å². The summed E-state index contributed by atoms with van der Waals surface area (Å²) in [5.41, 5.74) is 0.862. The number of carbonyl (C=O) groups excluding carboxylic acids is 1. The predicted octanol–water partition coefficient (Wildman–Crippen LogP) is 3.05. The van der Waals surface area contributed by atoms with Gasteiger partial charge in [-0.15, -0.1) is 0 Å². The number of rotatable bonds is 4. The van der Waals surface area contributed by atoms with E-state index in [2.05, 4.69) is 4.90 Å². The molecule has 1 heterocycles. The van der Waals surface area contributed by atoms with Gasteiger partial charge in [0.15, 0.2) is 0 Å². The van der Waals surface area contributed by atoms with Gasteiger partial charge < -0.3 is 0 Å². The minimum absolute atomic E-state index is 0.000920. The molecule has 0 aromatic heterocycles. The molecule has 5 nitrogen and oxygen atoms in total. The zero-order chi connectivity index (χ0) is 14.7. The number of hydrogen-bond acceptors (Lipinski definition) is 4. The molecule has 1 aromatic carbocycles. The van der Waals surface area contributed by atoms with Crippen LogP contribution in [0.3, 0.4) is 0 Å². The van der Waals surface area contributed by atoms with Gasteiger partial charge in [-0.3, -0.25) is 19.8 Å². The van der Waals surface area contributed by atoms with Crippen molar-refractivity contribution in [2.75, 3.05) is 13.1 Å². The Hall–Kier alpha value is -1.46. The number of halogens is 1. The maximum Gasteiger partial charge on any atom is 0.270 e. The molecule has 1 unspecified atom stereocenters. The van der Waals surface area contributed by atoms with Crippen molar-refractivity contribution in [2.45, 2.75) is 26.3 Å². The van der Waals surface area contributed by atoms with Crippen LogP contribution in [0.1, 0.15) is 25.3 Å². The van der Waals surface area contributed by atoms with Crippen molar-refractivity contribution in [3.8, 4) is 0 Å². The number of nitrogens with zero attached hydrogens (tertiary/aromatic N) is 2. The van der Waals surface area contributed by atoms with E-state index in [4.69, 9.17) is 11.6 Å². The largest absolute Gasteiger partial charge is 0.299 e. The van der Waals surface area contributed by atoms with Gasteiger partial charge in [0.1, 0.15) is 5.78 Å². The third-order valence-electron chi connectivity index (χ3n) is 3.74. The average molecular weight is 297 g/mol. The highest BCUT2D eigenvalue weighted by atomic mass is 35.5. The molecule has 0 spiro atoms. The van der Waals surface area contributed by atoms with Gasteiger partial charge in [0.25, 0.3) is 5.69 Å². The second kappa shape index (κ2) is 6.33. The number of carbonyl (C=O) groups is 1. The van der Waals surface area contributed by atoms with Gasteiger partial charge in [0, 0.05) is 44.1 Å². The molecule has 1 atom stereocenters. The third-order valence-corrected chi connectivity index (χ3v) is 4.09. The van der Waals surface area contributed by atoms with Crippen LogP contribution in [0.2, 0.25) is 5.02 Å². The molecule has 0 N–H and O–H groups in total. The predicted molar refractivity (Wildman–Crippen MR) is 76.8 cm³/mol. The maximum absolute atomic E-state index is 11.7. The first-order chi connectivity index (χ1) is 9.51. The van der Waals surface area contributed by atoms with Gasteiger partial charge in [0.05, 0.1) is 9.95 Å². The van der Waals surface area contributed by atoms with Gasteiger partial charge in [-0.2, -0.15) is 0 Å². The molecule has 0 aliphatic carbocycles. The van der Waals surface area contributed by atoms with Crippen LogP contribution in [0, 0.1) is 16.0 Å². The minimum atomic E-state index is -0.456. The molecule has 0 amide bonds. The average Bonchev–Trinajstić information content (AvgIpc) is 2.42. The highest BCUT2D eigenvalue weighted by Crippen LogP contribution is 2.25. The number of Topliss-reactive ketones (excluding diaryl/α,β-unsaturated/α-hetero) is 1. The van der Waals surface area contributed by atoms with Crippen LogP contribution < -0.4 is 0 Å². The Balaban J connectivity index is 2.07. The number of likely N-dealkylation sites (tertiary alicyclic amines) is 1. The first-order valence-corrected chi connectivity index (χ1v) is 7.07. The van der Waals surface area contributed by atoms with Crippen molar-refractivity contribution in [3.63, 3.8) is 0 Å². The van der Waals surface area contributed by atoms with Crippen molar-refractivity contribution in [2.24, 2.45) is 5.92 Å². The van der Waals surface area contributed by atoms with Crippen molar-refractivity contribution in [1.82, 2.24) is 4.90 Å². The lowest BCUT2D eigenvalue weighted by atomic mass is 9.94. The molecule has 1 aromatic rings. The molecular formula is C14H17ClN2O3. The Morgan fingerprint density at radius 1 is 1.50 bits per heavy atom. The van der Waals surface area contributed by atoms with Gasteiger partial charge in [0.2, 0.25) is 0 Å². The maximum atomic E-state index is 11.7. The van der Waals surface area contributed by atoms with Crippen LogP contribution in [0.4, 0.5) is 5.69 Å². The van der Waals surface area contributed by atoms with Crippen LogP contribution in [0.25, 0.3) is 0 Å². The molecule has 1 saturated heterocycles. The summed E-state index contributed by atoms with van der Waals surface area (Å²) in [5, 5.41) is 11.1. The zero-order valence-corrected chi connectivity index (χ0v) is 12.1. The van der Waals surface area contributed by atoms with E-state index >= 15 is 0 Å². The lowest BCUT2D eigenvalue weighted by Crippen LogP contribution is -2.40. The Kier molecular flexibility index (Phi) is 4.73. The van der Waals surface area contributed by atoms with E-state index in [1.54, 1.807) is 6.07 Å². The first kappa shape index (κ1) is 14.9. The number of hydrogen-bond donors (Lipinski definition) is 0. The van der Waals surface area contributed by atoms with E-state index in [1.807, 2.05) is 6.92 Å². The van der Waals surface area contributed by atoms with Crippen LogP contribution in [0.15, 0.2) is 18.2 Å². The Morgan fingerprint density at radius 2 is 2.25 bits per heavy atom. The van der Waals surface area contributed by atoms with E-state index in [0.29, 0.717) is 23.8 Å². The van der Waals surface area contributed by atoms with Crippen LogP contribution in [0.5, 0.6) is 0 Å². The fraction of sp³-hybridized carbons (Fsp3) is 0.500. The quantitative estimate of drug-likeness (QED) is 0.633. The molecule has 2 rings (SSSR count). The second-order valence-corrected chi connectivity index (χ2v) is 5.50. The summed E-state index contributed by atoms with van der Waals surface area (Å²) in [7, 11) is 0. The highest BCUT2D eigenvalue weighted by molar-refractivity contribution is 6.31.